The monoisotopic (exact) mass is 325 g/mol. The lowest BCUT2D eigenvalue weighted by Crippen LogP contribution is -2.31. The third-order valence-electron chi connectivity index (χ3n) is 2.92. The highest BCUT2D eigenvalue weighted by Gasteiger charge is 2.13. The molecule has 0 spiro atoms. The van der Waals surface area contributed by atoms with Crippen LogP contribution in [-0.4, -0.2) is 4.57 Å². The molecule has 0 aliphatic carbocycles. The van der Waals surface area contributed by atoms with E-state index in [1.54, 1.807) is 0 Å². The zero-order valence-electron chi connectivity index (χ0n) is 10.3. The number of hydrogen-bond acceptors (Lipinski definition) is 3. The van der Waals surface area contributed by atoms with E-state index in [4.69, 9.17) is 27.6 Å². The van der Waals surface area contributed by atoms with Gasteiger partial charge in [0.2, 0.25) is 0 Å². The van der Waals surface area contributed by atoms with Gasteiger partial charge in [-0.2, -0.15) is 0 Å². The van der Waals surface area contributed by atoms with Crippen LogP contribution in [0.5, 0.6) is 0 Å². The van der Waals surface area contributed by atoms with Crippen LogP contribution >= 0.6 is 23.2 Å². The van der Waals surface area contributed by atoms with Crippen LogP contribution in [0.3, 0.4) is 0 Å². The van der Waals surface area contributed by atoms with E-state index in [9.17, 15) is 14.0 Å². The number of halogens is 3. The van der Waals surface area contributed by atoms with Gasteiger partial charge in [-0.05, 0) is 36.4 Å². The third-order valence-corrected chi connectivity index (χ3v) is 3.66. The topological polar surface area (TPSA) is 52.2 Å². The zero-order chi connectivity index (χ0) is 15.1. The lowest BCUT2D eigenvalue weighted by atomic mass is 10.2. The van der Waals surface area contributed by atoms with Gasteiger partial charge in [0.1, 0.15) is 11.4 Å². The first-order valence-electron chi connectivity index (χ1n) is 5.78. The maximum Gasteiger partial charge on any atom is 0.426 e. The minimum Gasteiger partial charge on any atom is -0.409 e. The summed E-state index contributed by atoms with van der Waals surface area (Å²) in [5.74, 6) is -1.49. The molecule has 2 aromatic carbocycles. The smallest absolute Gasteiger partial charge is 0.409 e. The van der Waals surface area contributed by atoms with Gasteiger partial charge < -0.3 is 4.42 Å². The second kappa shape index (κ2) is 5.02. The van der Waals surface area contributed by atoms with Crippen molar-refractivity contribution in [2.45, 2.75) is 0 Å². The standard InChI is InChI=1S/C14H6Cl2FNO3/c15-10-3-2-8(6-11(10)16)18-13(19)9-5-7(17)1-4-12(9)21-14(18)20/h1-6H. The van der Waals surface area contributed by atoms with E-state index in [0.717, 1.165) is 16.7 Å². The van der Waals surface area contributed by atoms with Crippen molar-refractivity contribution in [3.05, 3.63) is 73.2 Å². The van der Waals surface area contributed by atoms with Crippen molar-refractivity contribution in [2.75, 3.05) is 0 Å². The summed E-state index contributed by atoms with van der Waals surface area (Å²) in [6, 6.07) is 7.58. The van der Waals surface area contributed by atoms with Crippen LogP contribution in [-0.2, 0) is 0 Å². The second-order valence-corrected chi connectivity index (χ2v) is 5.06. The SMILES string of the molecule is O=c1oc2ccc(F)cc2c(=O)n1-c1ccc(Cl)c(Cl)c1. The summed E-state index contributed by atoms with van der Waals surface area (Å²) in [5, 5.41) is 0.421. The summed E-state index contributed by atoms with van der Waals surface area (Å²) >= 11 is 11.7. The lowest BCUT2D eigenvalue weighted by molar-refractivity contribution is 0.502. The largest absolute Gasteiger partial charge is 0.426 e. The number of nitrogens with zero attached hydrogens (tertiary/aromatic N) is 1. The summed E-state index contributed by atoms with van der Waals surface area (Å²) in [4.78, 5) is 24.3. The highest BCUT2D eigenvalue weighted by atomic mass is 35.5. The molecule has 0 amide bonds. The first-order chi connectivity index (χ1) is 9.97. The molecule has 0 aliphatic heterocycles. The number of hydrogen-bond donors (Lipinski definition) is 0. The van der Waals surface area contributed by atoms with Crippen LogP contribution in [0, 0.1) is 5.82 Å². The number of rotatable bonds is 1. The molecule has 0 saturated carbocycles. The quantitative estimate of drug-likeness (QED) is 0.689. The normalized spacial score (nSPS) is 11.0. The minimum absolute atomic E-state index is 0.0164. The number of aromatic nitrogens is 1. The molecule has 0 radical (unpaired) electrons. The molecule has 4 nitrogen and oxygen atoms in total. The van der Waals surface area contributed by atoms with Crippen LogP contribution in [0.1, 0.15) is 0 Å². The van der Waals surface area contributed by atoms with E-state index in [-0.39, 0.29) is 26.7 Å². The van der Waals surface area contributed by atoms with Gasteiger partial charge in [-0.3, -0.25) is 4.79 Å². The van der Waals surface area contributed by atoms with Gasteiger partial charge in [0.05, 0.1) is 21.1 Å². The lowest BCUT2D eigenvalue weighted by Gasteiger charge is -2.06. The molecule has 3 aromatic rings. The Morgan fingerprint density at radius 2 is 1.76 bits per heavy atom. The fourth-order valence-corrected chi connectivity index (χ4v) is 2.24. The first-order valence-corrected chi connectivity index (χ1v) is 6.54. The molecule has 0 atom stereocenters. The molecule has 106 valence electrons. The number of fused-ring (bicyclic) bond motifs is 1. The summed E-state index contributed by atoms with van der Waals surface area (Å²) in [6.07, 6.45) is 0. The van der Waals surface area contributed by atoms with E-state index in [1.165, 1.54) is 24.3 Å². The van der Waals surface area contributed by atoms with Crippen molar-refractivity contribution in [1.82, 2.24) is 4.57 Å². The van der Waals surface area contributed by atoms with Crippen molar-refractivity contribution < 1.29 is 8.81 Å². The molecule has 0 saturated heterocycles. The summed E-state index contributed by atoms with van der Waals surface area (Å²) in [7, 11) is 0. The average molecular weight is 326 g/mol. The Bertz CT molecular complexity index is 978. The van der Waals surface area contributed by atoms with Gasteiger partial charge in [0, 0.05) is 0 Å². The molecule has 0 N–H and O–H groups in total. The van der Waals surface area contributed by atoms with Gasteiger partial charge in [-0.1, -0.05) is 23.2 Å². The van der Waals surface area contributed by atoms with Crippen LogP contribution in [0.2, 0.25) is 10.0 Å². The first kappa shape index (κ1) is 13.9. The predicted octanol–water partition coefficient (Wildman–Crippen LogP) is 3.39. The van der Waals surface area contributed by atoms with Crippen LogP contribution < -0.4 is 11.3 Å². The molecular weight excluding hydrogens is 320 g/mol. The summed E-state index contributed by atoms with van der Waals surface area (Å²) in [5.41, 5.74) is -0.490. The van der Waals surface area contributed by atoms with E-state index in [0.29, 0.717) is 0 Å². The Hall–Kier alpha value is -2.11. The molecule has 0 unspecified atom stereocenters. The molecule has 3 rings (SSSR count). The highest BCUT2D eigenvalue weighted by Crippen LogP contribution is 2.23. The maximum atomic E-state index is 13.3. The van der Waals surface area contributed by atoms with E-state index in [1.807, 2.05) is 0 Å². The molecule has 0 aliphatic rings. The van der Waals surface area contributed by atoms with Gasteiger partial charge in [-0.25, -0.2) is 13.8 Å². The molecule has 7 heteroatoms. The molecule has 0 bridgehead atoms. The van der Waals surface area contributed by atoms with Crippen molar-refractivity contribution in [3.63, 3.8) is 0 Å². The fraction of sp³-hybridized carbons (Fsp3) is 0. The Balaban J connectivity index is 2.39. The van der Waals surface area contributed by atoms with Gasteiger partial charge in [0.15, 0.2) is 0 Å². The Morgan fingerprint density at radius 1 is 1.00 bits per heavy atom. The van der Waals surface area contributed by atoms with Crippen LogP contribution in [0.4, 0.5) is 4.39 Å². The van der Waals surface area contributed by atoms with Crippen molar-refractivity contribution >= 4 is 34.2 Å². The van der Waals surface area contributed by atoms with E-state index >= 15 is 0 Å². The average Bonchev–Trinajstić information content (AvgIpc) is 2.44. The summed E-state index contributed by atoms with van der Waals surface area (Å²) < 4.78 is 19.0. The maximum absolute atomic E-state index is 13.3. The molecule has 21 heavy (non-hydrogen) atoms. The Labute approximate surface area is 126 Å². The molecular formula is C14H6Cl2FNO3. The van der Waals surface area contributed by atoms with Crippen molar-refractivity contribution in [1.29, 1.82) is 0 Å². The molecule has 1 heterocycles. The van der Waals surface area contributed by atoms with Gasteiger partial charge >= 0.3 is 5.76 Å². The minimum atomic E-state index is -0.891. The summed E-state index contributed by atoms with van der Waals surface area (Å²) in [6.45, 7) is 0. The fourth-order valence-electron chi connectivity index (χ4n) is 1.95. The molecule has 1 aromatic heterocycles. The number of benzene rings is 2. The van der Waals surface area contributed by atoms with Crippen LogP contribution in [0.25, 0.3) is 16.7 Å². The van der Waals surface area contributed by atoms with E-state index < -0.39 is 17.1 Å². The van der Waals surface area contributed by atoms with Crippen molar-refractivity contribution in [3.8, 4) is 5.69 Å². The van der Waals surface area contributed by atoms with Gasteiger partial charge in [0.25, 0.3) is 5.56 Å². The predicted molar refractivity (Wildman–Crippen MR) is 78.1 cm³/mol. The third kappa shape index (κ3) is 2.34. The Morgan fingerprint density at radius 3 is 2.48 bits per heavy atom. The van der Waals surface area contributed by atoms with Crippen LogP contribution in [0.15, 0.2) is 50.4 Å². The molecule has 0 fully saturated rings. The Kier molecular flexibility index (Phi) is 3.31. The van der Waals surface area contributed by atoms with E-state index in [2.05, 4.69) is 0 Å². The highest BCUT2D eigenvalue weighted by molar-refractivity contribution is 6.42. The van der Waals surface area contributed by atoms with Gasteiger partial charge in [-0.15, -0.1) is 0 Å². The zero-order valence-corrected chi connectivity index (χ0v) is 11.8. The van der Waals surface area contributed by atoms with Crippen molar-refractivity contribution in [2.24, 2.45) is 0 Å². The second-order valence-electron chi connectivity index (χ2n) is 4.25.